The number of hydrogen-bond acceptors (Lipinski definition) is 5. The van der Waals surface area contributed by atoms with Gasteiger partial charge < -0.3 is 4.74 Å². The van der Waals surface area contributed by atoms with E-state index in [-0.39, 0.29) is 18.1 Å². The molecule has 5 nitrogen and oxygen atoms in total. The molecule has 3 heterocycles. The fourth-order valence-electron chi connectivity index (χ4n) is 3.77. The third kappa shape index (κ3) is 3.15. The molecule has 144 valence electrons. The predicted molar refractivity (Wildman–Crippen MR) is 112 cm³/mol. The van der Waals surface area contributed by atoms with Gasteiger partial charge in [-0.05, 0) is 54.2 Å². The van der Waals surface area contributed by atoms with Crippen LogP contribution in [0.5, 0.6) is 0 Å². The number of aryl methyl sites for hydroxylation is 3. The Balaban J connectivity index is 1.39. The van der Waals surface area contributed by atoms with Gasteiger partial charge in [0.1, 0.15) is 17.1 Å². The van der Waals surface area contributed by atoms with Crippen LogP contribution < -0.4 is 5.56 Å². The molecule has 1 aliphatic carbocycles. The van der Waals surface area contributed by atoms with Crippen LogP contribution in [0.4, 0.5) is 0 Å². The molecular formula is C23H18N2O3S. The van der Waals surface area contributed by atoms with Crippen LogP contribution in [-0.2, 0) is 24.2 Å². The van der Waals surface area contributed by atoms with E-state index in [0.29, 0.717) is 16.2 Å². The van der Waals surface area contributed by atoms with Crippen LogP contribution in [0.3, 0.4) is 0 Å². The molecule has 0 spiro atoms. The van der Waals surface area contributed by atoms with Crippen molar-refractivity contribution in [2.24, 2.45) is 0 Å². The van der Waals surface area contributed by atoms with Crippen molar-refractivity contribution in [1.29, 1.82) is 0 Å². The summed E-state index contributed by atoms with van der Waals surface area (Å²) >= 11 is 1.47. The Morgan fingerprint density at radius 1 is 1.14 bits per heavy atom. The van der Waals surface area contributed by atoms with Gasteiger partial charge in [0.2, 0.25) is 0 Å². The van der Waals surface area contributed by atoms with Gasteiger partial charge in [0.05, 0.1) is 5.69 Å². The van der Waals surface area contributed by atoms with Crippen molar-refractivity contribution < 1.29 is 9.53 Å². The molecule has 0 saturated carbocycles. The highest BCUT2D eigenvalue weighted by atomic mass is 32.1. The lowest BCUT2D eigenvalue weighted by Crippen LogP contribution is -2.17. The van der Waals surface area contributed by atoms with Crippen molar-refractivity contribution in [2.45, 2.75) is 26.4 Å². The molecule has 1 aromatic carbocycles. The summed E-state index contributed by atoms with van der Waals surface area (Å²) in [5.41, 5.74) is 5.45. The van der Waals surface area contributed by atoms with E-state index in [1.807, 2.05) is 37.3 Å². The number of thiophene rings is 1. The summed E-state index contributed by atoms with van der Waals surface area (Å²) in [6.45, 7) is 1.86. The van der Waals surface area contributed by atoms with Crippen LogP contribution in [0.2, 0.25) is 0 Å². The molecule has 0 unspecified atom stereocenters. The second-order valence-corrected chi connectivity index (χ2v) is 8.22. The number of pyridine rings is 1. The highest BCUT2D eigenvalue weighted by molar-refractivity contribution is 7.17. The lowest BCUT2D eigenvalue weighted by molar-refractivity contribution is 0.0473. The molecule has 3 aromatic heterocycles. The molecule has 0 N–H and O–H groups in total. The minimum absolute atomic E-state index is 0.0297. The number of esters is 1. The zero-order valence-corrected chi connectivity index (χ0v) is 16.7. The fraction of sp³-hybridized carbons (Fsp3) is 0.174. The van der Waals surface area contributed by atoms with Crippen molar-refractivity contribution in [3.05, 3.63) is 92.3 Å². The standard InChI is InChI=1S/C23H18N2O3S/c1-14-5-4-10-25-20(26)12-17(24-22(14)25)13-28-23(27)19-11-16-9-8-15-6-2-3-7-18(15)21(16)29-19/h2-7,10-12H,8-9,13H2,1H3. The maximum Gasteiger partial charge on any atom is 0.348 e. The average Bonchev–Trinajstić information content (AvgIpc) is 3.18. The van der Waals surface area contributed by atoms with Gasteiger partial charge in [-0.15, -0.1) is 11.3 Å². The minimum Gasteiger partial charge on any atom is -0.455 e. The number of hydrogen-bond donors (Lipinski definition) is 0. The van der Waals surface area contributed by atoms with Gasteiger partial charge in [-0.1, -0.05) is 30.3 Å². The first-order valence-electron chi connectivity index (χ1n) is 9.46. The minimum atomic E-state index is -0.381. The highest BCUT2D eigenvalue weighted by Gasteiger charge is 2.22. The van der Waals surface area contributed by atoms with E-state index in [4.69, 9.17) is 4.74 Å². The van der Waals surface area contributed by atoms with Crippen LogP contribution in [0.15, 0.2) is 59.5 Å². The smallest absolute Gasteiger partial charge is 0.348 e. The van der Waals surface area contributed by atoms with E-state index in [1.54, 1.807) is 6.20 Å². The average molecular weight is 402 g/mol. The Morgan fingerprint density at radius 3 is 2.86 bits per heavy atom. The first-order valence-corrected chi connectivity index (χ1v) is 10.3. The summed E-state index contributed by atoms with van der Waals surface area (Å²) < 4.78 is 6.98. The third-order valence-electron chi connectivity index (χ3n) is 5.23. The maximum absolute atomic E-state index is 12.6. The Labute approximate surface area is 171 Å². The second kappa shape index (κ2) is 6.97. The monoisotopic (exact) mass is 402 g/mol. The van der Waals surface area contributed by atoms with Gasteiger partial charge in [-0.2, -0.15) is 0 Å². The van der Waals surface area contributed by atoms with Gasteiger partial charge in [-0.3, -0.25) is 9.20 Å². The molecule has 0 aliphatic heterocycles. The van der Waals surface area contributed by atoms with Crippen molar-refractivity contribution in [3.8, 4) is 10.4 Å². The Bertz CT molecular complexity index is 1320. The van der Waals surface area contributed by atoms with Crippen molar-refractivity contribution >= 4 is 23.0 Å². The molecule has 0 radical (unpaired) electrons. The maximum atomic E-state index is 12.6. The van der Waals surface area contributed by atoms with Crippen LogP contribution >= 0.6 is 11.3 Å². The molecule has 1 aliphatic rings. The number of aromatic nitrogens is 2. The normalized spacial score (nSPS) is 12.4. The van der Waals surface area contributed by atoms with Crippen molar-refractivity contribution in [1.82, 2.24) is 9.38 Å². The summed E-state index contributed by atoms with van der Waals surface area (Å²) in [7, 11) is 0. The number of nitrogens with zero attached hydrogens (tertiary/aromatic N) is 2. The SMILES string of the molecule is Cc1cccn2c(=O)cc(COC(=O)c3cc4c(s3)-c3ccccc3CC4)nc12. The first-order chi connectivity index (χ1) is 14.1. The van der Waals surface area contributed by atoms with E-state index >= 15 is 0 Å². The topological polar surface area (TPSA) is 60.7 Å². The molecule has 4 aromatic rings. The highest BCUT2D eigenvalue weighted by Crippen LogP contribution is 2.39. The summed E-state index contributed by atoms with van der Waals surface area (Å²) in [5, 5.41) is 0. The van der Waals surface area contributed by atoms with Crippen LogP contribution in [0, 0.1) is 6.92 Å². The van der Waals surface area contributed by atoms with Crippen molar-refractivity contribution in [3.63, 3.8) is 0 Å². The third-order valence-corrected chi connectivity index (χ3v) is 6.42. The van der Waals surface area contributed by atoms with Crippen molar-refractivity contribution in [2.75, 3.05) is 0 Å². The van der Waals surface area contributed by atoms with Gasteiger partial charge in [0.15, 0.2) is 0 Å². The molecule has 0 amide bonds. The number of benzene rings is 1. The van der Waals surface area contributed by atoms with Gasteiger partial charge in [0, 0.05) is 17.1 Å². The molecule has 5 rings (SSSR count). The number of ether oxygens (including phenoxy) is 1. The van der Waals surface area contributed by atoms with Crippen LogP contribution in [0.1, 0.15) is 32.1 Å². The molecule has 6 heteroatoms. The Morgan fingerprint density at radius 2 is 1.97 bits per heavy atom. The second-order valence-electron chi connectivity index (χ2n) is 7.17. The molecule has 0 fully saturated rings. The number of carbonyl (C=O) groups excluding carboxylic acids is 1. The van der Waals surface area contributed by atoms with Gasteiger partial charge >= 0.3 is 5.97 Å². The summed E-state index contributed by atoms with van der Waals surface area (Å²) in [6, 6.07) is 15.4. The zero-order valence-electron chi connectivity index (χ0n) is 15.8. The van der Waals surface area contributed by atoms with Crippen LogP contribution in [-0.4, -0.2) is 15.4 Å². The molecule has 0 saturated heterocycles. The lowest BCUT2D eigenvalue weighted by Gasteiger charge is -2.15. The molecule has 29 heavy (non-hydrogen) atoms. The Kier molecular flexibility index (Phi) is 4.28. The predicted octanol–water partition coefficient (Wildman–Crippen LogP) is 4.19. The molecular weight excluding hydrogens is 384 g/mol. The number of carbonyl (C=O) groups is 1. The number of rotatable bonds is 3. The lowest BCUT2D eigenvalue weighted by atomic mass is 9.91. The molecule has 0 bridgehead atoms. The van der Waals surface area contributed by atoms with E-state index < -0.39 is 0 Å². The van der Waals surface area contributed by atoms with Gasteiger partial charge in [0.25, 0.3) is 5.56 Å². The van der Waals surface area contributed by atoms with E-state index in [1.165, 1.54) is 38.5 Å². The van der Waals surface area contributed by atoms with E-state index in [0.717, 1.165) is 23.3 Å². The van der Waals surface area contributed by atoms with Gasteiger partial charge in [-0.25, -0.2) is 9.78 Å². The van der Waals surface area contributed by atoms with E-state index in [9.17, 15) is 9.59 Å². The zero-order chi connectivity index (χ0) is 20.0. The first kappa shape index (κ1) is 17.8. The van der Waals surface area contributed by atoms with E-state index in [2.05, 4.69) is 17.1 Å². The van der Waals surface area contributed by atoms with Crippen LogP contribution in [0.25, 0.3) is 16.1 Å². The summed E-state index contributed by atoms with van der Waals surface area (Å²) in [5.74, 6) is -0.381. The quantitative estimate of drug-likeness (QED) is 0.482. The summed E-state index contributed by atoms with van der Waals surface area (Å²) in [4.78, 5) is 31.2. The molecule has 0 atom stereocenters. The number of fused-ring (bicyclic) bond motifs is 4. The Hall–Kier alpha value is -3.25. The largest absolute Gasteiger partial charge is 0.455 e. The fourth-order valence-corrected chi connectivity index (χ4v) is 4.93. The summed E-state index contributed by atoms with van der Waals surface area (Å²) in [6.07, 6.45) is 3.60.